The lowest BCUT2D eigenvalue weighted by Gasteiger charge is -2.35. The van der Waals surface area contributed by atoms with Gasteiger partial charge in [-0.3, -0.25) is 14.4 Å². The summed E-state index contributed by atoms with van der Waals surface area (Å²) in [6.45, 7) is 4.83. The second-order valence-corrected chi connectivity index (χ2v) is 18.0. The normalized spacial score (nSPS) is 22.2. The van der Waals surface area contributed by atoms with E-state index in [0.717, 1.165) is 88.6 Å². The second kappa shape index (κ2) is 21.4. The number of piperidine rings is 1. The molecule has 1 unspecified atom stereocenters. The van der Waals surface area contributed by atoms with Crippen molar-refractivity contribution < 1.29 is 28.7 Å². The summed E-state index contributed by atoms with van der Waals surface area (Å²) in [5.74, 6) is 1.23. The number of rotatable bonds is 15. The Kier molecular flexibility index (Phi) is 16.2. The molecule has 0 radical (unpaired) electrons. The minimum Gasteiger partial charge on any atom is -0.474 e. The third-order valence-corrected chi connectivity index (χ3v) is 13.9. The molecule has 3 heterocycles. The van der Waals surface area contributed by atoms with Crippen molar-refractivity contribution in [3.63, 3.8) is 0 Å². The summed E-state index contributed by atoms with van der Waals surface area (Å²) in [4.78, 5) is 65.3. The van der Waals surface area contributed by atoms with E-state index in [1.807, 2.05) is 23.1 Å². The van der Waals surface area contributed by atoms with Gasteiger partial charge in [0.15, 0.2) is 0 Å². The Balaban J connectivity index is 1.03. The van der Waals surface area contributed by atoms with Crippen molar-refractivity contribution in [2.24, 2.45) is 5.92 Å². The van der Waals surface area contributed by atoms with Crippen molar-refractivity contribution in [1.29, 1.82) is 0 Å². The van der Waals surface area contributed by atoms with E-state index in [4.69, 9.17) is 19.4 Å². The van der Waals surface area contributed by atoms with Gasteiger partial charge in [-0.2, -0.15) is 0 Å². The Morgan fingerprint density at radius 3 is 1.80 bits per heavy atom. The van der Waals surface area contributed by atoms with E-state index in [2.05, 4.69) is 24.5 Å². The number of thioether (sulfide) groups is 2. The Labute approximate surface area is 341 Å². The predicted molar refractivity (Wildman–Crippen MR) is 222 cm³/mol. The van der Waals surface area contributed by atoms with Gasteiger partial charge in [-0.25, -0.2) is 14.8 Å². The number of ether oxygens (including phenoxy) is 2. The quantitative estimate of drug-likeness (QED) is 0.102. The molecule has 13 heteroatoms. The molecule has 2 aromatic heterocycles. The molecule has 3 saturated carbocycles. The number of carbonyl (C=O) groups excluding carboxylic acids is 4. The highest BCUT2D eigenvalue weighted by Crippen LogP contribution is 2.33. The van der Waals surface area contributed by atoms with Gasteiger partial charge in [0.25, 0.3) is 11.8 Å². The van der Waals surface area contributed by atoms with E-state index in [0.29, 0.717) is 71.5 Å². The van der Waals surface area contributed by atoms with Gasteiger partial charge in [0.2, 0.25) is 5.88 Å². The first-order valence-electron chi connectivity index (χ1n) is 21.4. The highest BCUT2D eigenvalue weighted by Gasteiger charge is 2.36. The van der Waals surface area contributed by atoms with Gasteiger partial charge >= 0.3 is 11.9 Å². The number of anilines is 1. The molecule has 11 nitrogen and oxygen atoms in total. The van der Waals surface area contributed by atoms with E-state index >= 15 is 0 Å². The molecule has 0 bridgehead atoms. The van der Waals surface area contributed by atoms with Crippen LogP contribution in [0, 0.1) is 5.92 Å². The van der Waals surface area contributed by atoms with Gasteiger partial charge in [-0.05, 0) is 113 Å². The molecule has 4 fully saturated rings. The van der Waals surface area contributed by atoms with E-state index < -0.39 is 18.0 Å². The first-order valence-corrected chi connectivity index (χ1v) is 23.4. The van der Waals surface area contributed by atoms with E-state index in [9.17, 15) is 19.2 Å². The largest absolute Gasteiger partial charge is 0.474 e. The summed E-state index contributed by atoms with van der Waals surface area (Å²) in [6, 6.07) is 7.07. The molecule has 2 aromatic rings. The number of nitrogens with zero attached hydrogens (tertiary/aromatic N) is 3. The van der Waals surface area contributed by atoms with Crippen molar-refractivity contribution in [2.45, 2.75) is 170 Å². The van der Waals surface area contributed by atoms with Gasteiger partial charge in [0.05, 0.1) is 17.0 Å². The maximum atomic E-state index is 13.6. The maximum absolute atomic E-state index is 13.6. The molecule has 4 aliphatic rings. The summed E-state index contributed by atoms with van der Waals surface area (Å²) in [6.07, 6.45) is 17.6. The zero-order chi connectivity index (χ0) is 39.3. The zero-order valence-electron chi connectivity index (χ0n) is 33.4. The van der Waals surface area contributed by atoms with Crippen LogP contribution >= 0.6 is 23.5 Å². The van der Waals surface area contributed by atoms with Crippen LogP contribution in [-0.4, -0.2) is 76.0 Å². The summed E-state index contributed by atoms with van der Waals surface area (Å²) in [5, 5.41) is 7.81. The standard InChI is InChI=1S/C43H61N5O6S2/c1-3-27-55-40-33(38(49)44-30-13-7-5-8-14-30)22-24-36(46-40)48-26-12-11-17-35(48)43(52)54-42(51)29-18-20-32(21-19-29)53-37-25-23-34(41(47-37)56-28-4-2)39(50)45-31-15-9-6-10-16-31/h22-25,29-32,35H,3-21,26-28H2,1-2H3,(H,44,49)(H,45,50). The van der Waals surface area contributed by atoms with Crippen molar-refractivity contribution in [3.8, 4) is 5.88 Å². The monoisotopic (exact) mass is 807 g/mol. The third-order valence-electron chi connectivity index (χ3n) is 11.5. The summed E-state index contributed by atoms with van der Waals surface area (Å²) >= 11 is 3.14. The molecule has 2 amide bonds. The summed E-state index contributed by atoms with van der Waals surface area (Å²) in [7, 11) is 0. The minimum atomic E-state index is -0.621. The average molecular weight is 808 g/mol. The molecule has 6 rings (SSSR count). The minimum absolute atomic E-state index is 0.0709. The third kappa shape index (κ3) is 11.6. The number of aromatic nitrogens is 2. The Morgan fingerprint density at radius 2 is 1.21 bits per heavy atom. The number of pyridine rings is 2. The lowest BCUT2D eigenvalue weighted by atomic mass is 9.87. The fourth-order valence-corrected chi connectivity index (χ4v) is 10.1. The molecule has 56 heavy (non-hydrogen) atoms. The van der Waals surface area contributed by atoms with Gasteiger partial charge in [-0.15, -0.1) is 23.5 Å². The van der Waals surface area contributed by atoms with Crippen LogP contribution in [0.1, 0.15) is 157 Å². The molecular formula is C43H61N5O6S2. The van der Waals surface area contributed by atoms with Gasteiger partial charge in [-0.1, -0.05) is 52.4 Å². The Hall–Kier alpha value is -3.32. The fourth-order valence-electron chi connectivity index (χ4n) is 8.35. The number of carbonyl (C=O) groups is 4. The summed E-state index contributed by atoms with van der Waals surface area (Å²) in [5.41, 5.74) is 1.17. The van der Waals surface area contributed by atoms with E-state index in [1.165, 1.54) is 12.8 Å². The fraction of sp³-hybridized carbons (Fsp3) is 0.674. The number of hydrogen-bond donors (Lipinski definition) is 2. The SMILES string of the molecule is CCCSc1nc(OC2CCC(C(=O)OC(=O)C3CCCCN3c3ccc(C(=O)NC4CCCCC4)c(SCCC)n3)CC2)ccc1C(=O)NC1CCCCC1. The van der Waals surface area contributed by atoms with Crippen LogP contribution in [0.3, 0.4) is 0 Å². The first-order chi connectivity index (χ1) is 27.3. The van der Waals surface area contributed by atoms with Crippen molar-refractivity contribution in [3.05, 3.63) is 35.4 Å². The topological polar surface area (TPSA) is 140 Å². The molecule has 3 aliphatic carbocycles. The van der Waals surface area contributed by atoms with Crippen LogP contribution in [0.25, 0.3) is 0 Å². The summed E-state index contributed by atoms with van der Waals surface area (Å²) < 4.78 is 11.9. The van der Waals surface area contributed by atoms with Crippen molar-refractivity contribution in [2.75, 3.05) is 23.0 Å². The number of nitrogens with one attached hydrogen (secondary N) is 2. The molecule has 0 aromatic carbocycles. The lowest BCUT2D eigenvalue weighted by molar-refractivity contribution is -0.164. The molecular weight excluding hydrogens is 747 g/mol. The number of amides is 2. The number of esters is 2. The van der Waals surface area contributed by atoms with Crippen LogP contribution in [-0.2, 0) is 14.3 Å². The zero-order valence-corrected chi connectivity index (χ0v) is 35.0. The first kappa shape index (κ1) is 42.3. The van der Waals surface area contributed by atoms with Crippen LogP contribution in [0.4, 0.5) is 5.82 Å². The molecule has 1 atom stereocenters. The molecule has 306 valence electrons. The van der Waals surface area contributed by atoms with Crippen LogP contribution in [0.5, 0.6) is 5.88 Å². The molecule has 2 N–H and O–H groups in total. The average Bonchev–Trinajstić information content (AvgIpc) is 3.23. The van der Waals surface area contributed by atoms with E-state index in [1.54, 1.807) is 29.6 Å². The molecule has 1 aliphatic heterocycles. The lowest BCUT2D eigenvalue weighted by Crippen LogP contribution is -2.47. The van der Waals surface area contributed by atoms with Crippen LogP contribution in [0.2, 0.25) is 0 Å². The van der Waals surface area contributed by atoms with Gasteiger partial charge in [0, 0.05) is 24.7 Å². The number of hydrogen-bond acceptors (Lipinski definition) is 11. The molecule has 1 saturated heterocycles. The van der Waals surface area contributed by atoms with Gasteiger partial charge < -0.3 is 25.0 Å². The Bertz CT molecular complexity index is 1640. The smallest absolute Gasteiger partial charge is 0.336 e. The van der Waals surface area contributed by atoms with Gasteiger partial charge in [0.1, 0.15) is 28.0 Å². The van der Waals surface area contributed by atoms with Crippen molar-refractivity contribution in [1.82, 2.24) is 20.6 Å². The second-order valence-electron chi connectivity index (χ2n) is 15.9. The maximum Gasteiger partial charge on any atom is 0.336 e. The highest BCUT2D eigenvalue weighted by molar-refractivity contribution is 7.99. The predicted octanol–water partition coefficient (Wildman–Crippen LogP) is 8.67. The van der Waals surface area contributed by atoms with Crippen LogP contribution in [0.15, 0.2) is 34.3 Å². The van der Waals surface area contributed by atoms with E-state index in [-0.39, 0.29) is 35.9 Å². The molecule has 0 spiro atoms. The van der Waals surface area contributed by atoms with Crippen LogP contribution < -0.4 is 20.3 Å². The highest BCUT2D eigenvalue weighted by atomic mass is 32.2. The van der Waals surface area contributed by atoms with Crippen molar-refractivity contribution >= 4 is 53.1 Å². The Morgan fingerprint density at radius 1 is 0.661 bits per heavy atom.